The Morgan fingerprint density at radius 2 is 1.29 bits per heavy atom. The lowest BCUT2D eigenvalue weighted by molar-refractivity contribution is 0.568. The Morgan fingerprint density at radius 3 is 1.96 bits per heavy atom. The molecule has 0 atom stereocenters. The van der Waals surface area contributed by atoms with Crippen LogP contribution in [0.4, 0.5) is 0 Å². The van der Waals surface area contributed by atoms with Crippen LogP contribution in [0.3, 0.4) is 0 Å². The molecule has 2 aromatic heterocycles. The molecule has 0 saturated heterocycles. The van der Waals surface area contributed by atoms with Crippen molar-refractivity contribution in [3.8, 4) is 22.3 Å². The molecule has 0 spiro atoms. The Labute approximate surface area is 168 Å². The highest BCUT2D eigenvalue weighted by atomic mass is 32.1. The fourth-order valence-electron chi connectivity index (χ4n) is 3.97. The van der Waals surface area contributed by atoms with E-state index >= 15 is 0 Å². The molecule has 5 aromatic rings. The second-order valence-electron chi connectivity index (χ2n) is 7.00. The first-order valence-electron chi connectivity index (χ1n) is 9.25. The van der Waals surface area contributed by atoms with Crippen molar-refractivity contribution >= 4 is 34.2 Å². The van der Waals surface area contributed by atoms with E-state index in [2.05, 4.69) is 42.5 Å². The van der Waals surface area contributed by atoms with Crippen LogP contribution < -0.4 is 0 Å². The van der Waals surface area contributed by atoms with E-state index < -0.39 is 0 Å². The van der Waals surface area contributed by atoms with Gasteiger partial charge in [0.1, 0.15) is 16.9 Å². The van der Waals surface area contributed by atoms with Crippen molar-refractivity contribution in [2.24, 2.45) is 0 Å². The summed E-state index contributed by atoms with van der Waals surface area (Å²) in [6.07, 6.45) is 0. The number of hydrogen-bond donors (Lipinski definition) is 0. The molecule has 0 bridgehead atoms. The van der Waals surface area contributed by atoms with Gasteiger partial charge in [-0.15, -0.1) is 0 Å². The molecule has 0 saturated carbocycles. The topological polar surface area (TPSA) is 26.3 Å². The van der Waals surface area contributed by atoms with Gasteiger partial charge in [0.25, 0.3) is 0 Å². The Morgan fingerprint density at radius 1 is 0.679 bits per heavy atom. The number of furan rings is 1. The number of aryl methyl sites for hydroxylation is 2. The summed E-state index contributed by atoms with van der Waals surface area (Å²) < 4.78 is 12.6. The summed E-state index contributed by atoms with van der Waals surface area (Å²) in [4.78, 5) is 0. The van der Waals surface area contributed by atoms with E-state index in [0.717, 1.165) is 55.5 Å². The van der Waals surface area contributed by atoms with Crippen LogP contribution in [0.2, 0.25) is 0 Å². The standard InChI is InChI=1S/C25H18O2S/c1-15-24-20(19(14-22(28)27-24)17-9-5-3-6-10-17)13-21-23(16(2)26-25(15)21)18-11-7-4-8-12-18/h3-14H,1-2H3. The van der Waals surface area contributed by atoms with E-state index in [4.69, 9.17) is 21.1 Å². The third-order valence-corrected chi connectivity index (χ3v) is 5.44. The number of benzene rings is 3. The summed E-state index contributed by atoms with van der Waals surface area (Å²) in [5, 5.41) is 2.14. The summed E-state index contributed by atoms with van der Waals surface area (Å²) >= 11 is 5.42. The maximum absolute atomic E-state index is 6.18. The smallest absolute Gasteiger partial charge is 0.191 e. The van der Waals surface area contributed by atoms with Gasteiger partial charge in [-0.2, -0.15) is 0 Å². The van der Waals surface area contributed by atoms with Gasteiger partial charge in [-0.25, -0.2) is 0 Å². The number of hydrogen-bond acceptors (Lipinski definition) is 3. The Hall–Kier alpha value is -3.17. The summed E-state index contributed by atoms with van der Waals surface area (Å²) in [5.41, 5.74) is 7.09. The van der Waals surface area contributed by atoms with Crippen molar-refractivity contribution in [3.63, 3.8) is 0 Å². The zero-order chi connectivity index (χ0) is 19.3. The van der Waals surface area contributed by atoms with Gasteiger partial charge in [0.05, 0.1) is 0 Å². The van der Waals surface area contributed by atoms with Crippen LogP contribution in [0.15, 0.2) is 81.6 Å². The fraction of sp³-hybridized carbons (Fsp3) is 0.0800. The van der Waals surface area contributed by atoms with E-state index in [1.54, 1.807) is 0 Å². The summed E-state index contributed by atoms with van der Waals surface area (Å²) in [7, 11) is 0. The lowest BCUT2D eigenvalue weighted by atomic mass is 9.96. The van der Waals surface area contributed by atoms with E-state index in [1.165, 1.54) is 0 Å². The van der Waals surface area contributed by atoms with Gasteiger partial charge in [0.2, 0.25) is 0 Å². The molecule has 3 heteroatoms. The first-order chi connectivity index (χ1) is 13.6. The van der Waals surface area contributed by atoms with Crippen molar-refractivity contribution in [3.05, 3.63) is 88.8 Å². The lowest BCUT2D eigenvalue weighted by Gasteiger charge is -2.09. The van der Waals surface area contributed by atoms with Crippen LogP contribution in [0.5, 0.6) is 0 Å². The Balaban J connectivity index is 1.94. The van der Waals surface area contributed by atoms with Crippen LogP contribution in [0, 0.1) is 18.6 Å². The highest BCUT2D eigenvalue weighted by molar-refractivity contribution is 7.71. The second kappa shape index (κ2) is 6.47. The summed E-state index contributed by atoms with van der Waals surface area (Å²) in [6.45, 7) is 4.05. The molecule has 2 nitrogen and oxygen atoms in total. The molecule has 0 aliphatic heterocycles. The van der Waals surface area contributed by atoms with Crippen LogP contribution >= 0.6 is 12.2 Å². The predicted octanol–water partition coefficient (Wildman–Crippen LogP) is 7.86. The minimum Gasteiger partial charge on any atom is -0.460 e. The third-order valence-electron chi connectivity index (χ3n) is 5.24. The van der Waals surface area contributed by atoms with E-state index in [1.807, 2.05) is 44.2 Å². The second-order valence-corrected chi connectivity index (χ2v) is 7.40. The van der Waals surface area contributed by atoms with Crippen molar-refractivity contribution in [1.29, 1.82) is 0 Å². The zero-order valence-corrected chi connectivity index (χ0v) is 16.5. The van der Waals surface area contributed by atoms with E-state index in [0.29, 0.717) is 4.71 Å². The molecular formula is C25H18O2S. The molecule has 0 radical (unpaired) electrons. The minimum absolute atomic E-state index is 0.473. The maximum Gasteiger partial charge on any atom is 0.191 e. The number of rotatable bonds is 2. The van der Waals surface area contributed by atoms with E-state index in [-0.39, 0.29) is 0 Å². The van der Waals surface area contributed by atoms with Crippen molar-refractivity contribution < 1.29 is 8.83 Å². The van der Waals surface area contributed by atoms with Gasteiger partial charge in [-0.05, 0) is 48.8 Å². The molecule has 5 rings (SSSR count). The molecule has 0 aliphatic carbocycles. The molecule has 0 N–H and O–H groups in total. The highest BCUT2D eigenvalue weighted by Gasteiger charge is 2.19. The monoisotopic (exact) mass is 382 g/mol. The third kappa shape index (κ3) is 2.59. The first-order valence-corrected chi connectivity index (χ1v) is 9.65. The van der Waals surface area contributed by atoms with Crippen LogP contribution in [0.1, 0.15) is 11.3 Å². The van der Waals surface area contributed by atoms with Gasteiger partial charge < -0.3 is 8.83 Å². The summed E-state index contributed by atoms with van der Waals surface area (Å²) in [5.74, 6) is 0.902. The van der Waals surface area contributed by atoms with Crippen molar-refractivity contribution in [2.45, 2.75) is 13.8 Å². The highest BCUT2D eigenvalue weighted by Crippen LogP contribution is 2.41. The fourth-order valence-corrected chi connectivity index (χ4v) is 4.17. The predicted molar refractivity (Wildman–Crippen MR) is 117 cm³/mol. The van der Waals surface area contributed by atoms with Gasteiger partial charge in [-0.3, -0.25) is 0 Å². The number of fused-ring (bicyclic) bond motifs is 2. The Kier molecular flexibility index (Phi) is 3.92. The van der Waals surface area contributed by atoms with Gasteiger partial charge in [0, 0.05) is 28.0 Å². The zero-order valence-electron chi connectivity index (χ0n) is 15.7. The molecule has 3 aromatic carbocycles. The molecule has 0 aliphatic rings. The molecule has 28 heavy (non-hydrogen) atoms. The summed E-state index contributed by atoms with van der Waals surface area (Å²) in [6, 6.07) is 24.8. The average Bonchev–Trinajstić information content (AvgIpc) is 3.06. The normalized spacial score (nSPS) is 11.4. The van der Waals surface area contributed by atoms with Crippen LogP contribution in [-0.4, -0.2) is 0 Å². The van der Waals surface area contributed by atoms with Crippen LogP contribution in [0.25, 0.3) is 44.2 Å². The first kappa shape index (κ1) is 17.0. The molecule has 0 unspecified atom stereocenters. The molecule has 0 fully saturated rings. The maximum atomic E-state index is 6.18. The molecule has 136 valence electrons. The lowest BCUT2D eigenvalue weighted by Crippen LogP contribution is -1.87. The van der Waals surface area contributed by atoms with Crippen LogP contribution in [-0.2, 0) is 0 Å². The largest absolute Gasteiger partial charge is 0.460 e. The van der Waals surface area contributed by atoms with Gasteiger partial charge in [-0.1, -0.05) is 60.7 Å². The van der Waals surface area contributed by atoms with Crippen molar-refractivity contribution in [1.82, 2.24) is 0 Å². The van der Waals surface area contributed by atoms with Gasteiger partial charge >= 0.3 is 0 Å². The minimum atomic E-state index is 0.473. The van der Waals surface area contributed by atoms with Crippen molar-refractivity contribution in [2.75, 3.05) is 0 Å². The quantitative estimate of drug-likeness (QED) is 0.291. The SMILES string of the molecule is Cc1oc2c(C)c3oc(=S)cc(-c4ccccc4)c3cc2c1-c1ccccc1. The Bertz CT molecular complexity index is 1380. The molecule has 2 heterocycles. The van der Waals surface area contributed by atoms with Gasteiger partial charge in [0.15, 0.2) is 4.71 Å². The van der Waals surface area contributed by atoms with E-state index in [9.17, 15) is 0 Å². The average molecular weight is 382 g/mol. The molecule has 0 amide bonds. The molecular weight excluding hydrogens is 364 g/mol.